The van der Waals surface area contributed by atoms with Crippen molar-refractivity contribution in [3.05, 3.63) is 153 Å². The Morgan fingerprint density at radius 3 is 1.89 bits per heavy atom. The zero-order valence-corrected chi connectivity index (χ0v) is 31.8. The van der Waals surface area contributed by atoms with Gasteiger partial charge in [0.25, 0.3) is 0 Å². The third-order valence-electron chi connectivity index (χ3n) is 11.0. The van der Waals surface area contributed by atoms with Crippen LogP contribution in [0.1, 0.15) is 30.5 Å². The number of anilines is 1. The molecule has 5 aromatic carbocycles. The Morgan fingerprint density at radius 2 is 1.18 bits per heavy atom. The summed E-state index contributed by atoms with van der Waals surface area (Å²) < 4.78 is 11.7. The van der Waals surface area contributed by atoms with E-state index in [9.17, 15) is 9.59 Å². The van der Waals surface area contributed by atoms with Gasteiger partial charge in [-0.05, 0) is 109 Å². The van der Waals surface area contributed by atoms with Gasteiger partial charge in [0.2, 0.25) is 0 Å². The van der Waals surface area contributed by atoms with Crippen LogP contribution in [0.2, 0.25) is 0 Å². The SMILES string of the molecule is CCN(CC)c1ccc2c(C)c(-c3cccc(-c4c(C)ccc5c(-c6cnc(-c7cc8c(ccc9ccccc98)oc7=O)cn6)c(C)ccc45)n3)c(=O)oc2c1. The molecule has 4 aromatic heterocycles. The summed E-state index contributed by atoms with van der Waals surface area (Å²) in [6, 6.07) is 33.9. The van der Waals surface area contributed by atoms with Crippen LogP contribution in [0, 0.1) is 20.8 Å². The maximum Gasteiger partial charge on any atom is 0.346 e. The molecule has 9 rings (SSSR count). The average Bonchev–Trinajstić information content (AvgIpc) is 3.21. The molecule has 274 valence electrons. The van der Waals surface area contributed by atoms with Crippen LogP contribution < -0.4 is 16.2 Å². The van der Waals surface area contributed by atoms with Crippen molar-refractivity contribution < 1.29 is 8.83 Å². The summed E-state index contributed by atoms with van der Waals surface area (Å²) in [5.41, 5.74) is 9.25. The number of fused-ring (bicyclic) bond motifs is 5. The smallest absolute Gasteiger partial charge is 0.346 e. The van der Waals surface area contributed by atoms with Crippen molar-refractivity contribution in [2.45, 2.75) is 34.6 Å². The zero-order valence-electron chi connectivity index (χ0n) is 31.8. The summed E-state index contributed by atoms with van der Waals surface area (Å²) in [6.45, 7) is 12.0. The lowest BCUT2D eigenvalue weighted by Gasteiger charge is -2.21. The van der Waals surface area contributed by atoms with E-state index in [0.29, 0.717) is 39.4 Å². The Hall–Kier alpha value is -6.93. The summed E-state index contributed by atoms with van der Waals surface area (Å²) in [6.07, 6.45) is 3.36. The first-order valence-electron chi connectivity index (χ1n) is 18.9. The van der Waals surface area contributed by atoms with E-state index in [4.69, 9.17) is 23.8 Å². The molecule has 0 aliphatic heterocycles. The van der Waals surface area contributed by atoms with Crippen LogP contribution >= 0.6 is 0 Å². The maximum atomic E-state index is 13.6. The molecule has 0 fully saturated rings. The van der Waals surface area contributed by atoms with E-state index < -0.39 is 11.3 Å². The van der Waals surface area contributed by atoms with E-state index in [2.05, 4.69) is 62.9 Å². The molecule has 9 aromatic rings. The second kappa shape index (κ2) is 13.7. The largest absolute Gasteiger partial charge is 0.422 e. The molecule has 0 unspecified atom stereocenters. The molecular formula is C48H38N4O4. The van der Waals surface area contributed by atoms with Gasteiger partial charge in [-0.1, -0.05) is 60.7 Å². The van der Waals surface area contributed by atoms with E-state index >= 15 is 0 Å². The zero-order chi connectivity index (χ0) is 38.7. The second-order valence-electron chi connectivity index (χ2n) is 14.2. The lowest BCUT2D eigenvalue weighted by molar-refractivity contribution is 0.562. The Kier molecular flexibility index (Phi) is 8.54. The number of hydrogen-bond acceptors (Lipinski definition) is 8. The lowest BCUT2D eigenvalue weighted by Crippen LogP contribution is -2.21. The molecule has 8 nitrogen and oxygen atoms in total. The molecule has 0 aliphatic rings. The minimum Gasteiger partial charge on any atom is -0.422 e. The lowest BCUT2D eigenvalue weighted by atomic mass is 9.91. The summed E-state index contributed by atoms with van der Waals surface area (Å²) in [5, 5.41) is 5.76. The fraction of sp³-hybridized carbons (Fsp3) is 0.146. The first kappa shape index (κ1) is 34.8. The van der Waals surface area contributed by atoms with Gasteiger partial charge in [-0.2, -0.15) is 0 Å². The minimum absolute atomic E-state index is 0.353. The molecule has 56 heavy (non-hydrogen) atoms. The van der Waals surface area contributed by atoms with Gasteiger partial charge in [0.1, 0.15) is 11.2 Å². The van der Waals surface area contributed by atoms with Crippen molar-refractivity contribution in [3.63, 3.8) is 0 Å². The molecule has 0 bridgehead atoms. The number of aromatic nitrogens is 3. The monoisotopic (exact) mass is 734 g/mol. The van der Waals surface area contributed by atoms with Crippen molar-refractivity contribution in [1.82, 2.24) is 15.0 Å². The molecule has 0 aliphatic carbocycles. The number of rotatable bonds is 7. The van der Waals surface area contributed by atoms with Crippen LogP contribution in [0.3, 0.4) is 0 Å². The van der Waals surface area contributed by atoms with Crippen LogP contribution in [0.5, 0.6) is 0 Å². The van der Waals surface area contributed by atoms with Gasteiger partial charge < -0.3 is 13.7 Å². The number of nitrogens with zero attached hydrogens (tertiary/aromatic N) is 4. The summed E-state index contributed by atoms with van der Waals surface area (Å²) in [5.74, 6) is 0. The number of benzene rings is 5. The molecule has 0 saturated carbocycles. The predicted molar refractivity (Wildman–Crippen MR) is 226 cm³/mol. The van der Waals surface area contributed by atoms with Crippen molar-refractivity contribution in [2.75, 3.05) is 18.0 Å². The first-order chi connectivity index (χ1) is 27.2. The van der Waals surface area contributed by atoms with Crippen molar-refractivity contribution in [2.24, 2.45) is 0 Å². The summed E-state index contributed by atoms with van der Waals surface area (Å²) in [4.78, 5) is 43.7. The number of pyridine rings is 1. The highest BCUT2D eigenvalue weighted by Gasteiger charge is 2.20. The number of hydrogen-bond donors (Lipinski definition) is 0. The Bertz CT molecular complexity index is 3140. The van der Waals surface area contributed by atoms with Gasteiger partial charge in [0.05, 0.1) is 46.3 Å². The fourth-order valence-electron chi connectivity index (χ4n) is 8.09. The van der Waals surface area contributed by atoms with Gasteiger partial charge in [-0.3, -0.25) is 9.97 Å². The van der Waals surface area contributed by atoms with E-state index in [0.717, 1.165) is 84.6 Å². The first-order valence-corrected chi connectivity index (χ1v) is 18.9. The number of aryl methyl sites for hydroxylation is 3. The molecule has 0 N–H and O–H groups in total. The molecule has 0 saturated heterocycles. The van der Waals surface area contributed by atoms with E-state index in [-0.39, 0.29) is 0 Å². The molecule has 8 heteroatoms. The van der Waals surface area contributed by atoms with E-state index in [1.165, 1.54) is 0 Å². The van der Waals surface area contributed by atoms with Crippen molar-refractivity contribution >= 4 is 49.2 Å². The Morgan fingerprint density at radius 1 is 0.536 bits per heavy atom. The quantitative estimate of drug-likeness (QED) is 0.118. The molecule has 0 atom stereocenters. The van der Waals surface area contributed by atoms with E-state index in [1.807, 2.05) is 79.7 Å². The highest BCUT2D eigenvalue weighted by molar-refractivity contribution is 6.07. The van der Waals surface area contributed by atoms with Gasteiger partial charge >= 0.3 is 11.3 Å². The normalized spacial score (nSPS) is 11.6. The third-order valence-corrected chi connectivity index (χ3v) is 11.0. The van der Waals surface area contributed by atoms with Crippen LogP contribution in [-0.4, -0.2) is 28.0 Å². The molecule has 0 spiro atoms. The van der Waals surface area contributed by atoms with Crippen LogP contribution in [-0.2, 0) is 0 Å². The van der Waals surface area contributed by atoms with Gasteiger partial charge in [0, 0.05) is 46.7 Å². The molecule has 0 radical (unpaired) electrons. The van der Waals surface area contributed by atoms with Crippen LogP contribution in [0.4, 0.5) is 5.69 Å². The molecule has 0 amide bonds. The highest BCUT2D eigenvalue weighted by atomic mass is 16.4. The maximum absolute atomic E-state index is 13.6. The molecular weight excluding hydrogens is 697 g/mol. The Labute approximate surface area is 322 Å². The van der Waals surface area contributed by atoms with Crippen molar-refractivity contribution in [3.8, 4) is 45.0 Å². The van der Waals surface area contributed by atoms with Gasteiger partial charge in [-0.25, -0.2) is 14.6 Å². The third kappa shape index (κ3) is 5.73. The standard InChI is InChI=1S/C48H38N4O4/c1-6-52(7-2)31-18-21-32-29(5)46(48(54)56-43(32)23-31)39-14-10-13-38(51-39)44-27(3)15-20-35-34(44)19-16-28(4)45(35)41-26-49-40(25-50-41)37-24-36-33-12-9-8-11-30(33)17-22-42(36)55-47(37)53/h8-26H,6-7H2,1-5H3. The van der Waals surface area contributed by atoms with Crippen molar-refractivity contribution in [1.29, 1.82) is 0 Å². The molecule has 4 heterocycles. The average molecular weight is 735 g/mol. The van der Waals surface area contributed by atoms with Crippen LogP contribution in [0.25, 0.3) is 88.5 Å². The Balaban J connectivity index is 1.12. The topological polar surface area (TPSA) is 102 Å². The summed E-state index contributed by atoms with van der Waals surface area (Å²) in [7, 11) is 0. The van der Waals surface area contributed by atoms with E-state index in [1.54, 1.807) is 12.4 Å². The van der Waals surface area contributed by atoms with Gasteiger partial charge in [0.15, 0.2) is 0 Å². The fourth-order valence-corrected chi connectivity index (χ4v) is 8.09. The van der Waals surface area contributed by atoms with Gasteiger partial charge in [-0.15, -0.1) is 0 Å². The highest BCUT2D eigenvalue weighted by Crippen LogP contribution is 2.39. The predicted octanol–water partition coefficient (Wildman–Crippen LogP) is 10.8. The second-order valence-corrected chi connectivity index (χ2v) is 14.2. The minimum atomic E-state index is -0.466. The summed E-state index contributed by atoms with van der Waals surface area (Å²) >= 11 is 0. The van der Waals surface area contributed by atoms with Crippen LogP contribution in [0.15, 0.2) is 134 Å².